The van der Waals surface area contributed by atoms with E-state index in [1.165, 1.54) is 0 Å². The maximum Gasteiger partial charge on any atom is 0.102 e. The van der Waals surface area contributed by atoms with E-state index in [-0.39, 0.29) is 5.60 Å². The number of hydroxylamine groups is 1. The van der Waals surface area contributed by atoms with Gasteiger partial charge in [-0.2, -0.15) is 0 Å². The molecule has 0 heterocycles. The minimum Gasteiger partial charge on any atom is -0.292 e. The highest BCUT2D eigenvalue weighted by molar-refractivity contribution is 4.88. The molecule has 0 rings (SSSR count). The molecular weight excluding hydrogens is 114 g/mol. The fourth-order valence-electron chi connectivity index (χ4n) is 0.300. The average Bonchev–Trinajstić information content (AvgIpc) is 1.84. The van der Waals surface area contributed by atoms with Gasteiger partial charge < -0.3 is 0 Å². The van der Waals surface area contributed by atoms with Crippen LogP contribution in [0.2, 0.25) is 0 Å². The van der Waals surface area contributed by atoms with Crippen LogP contribution in [0.5, 0.6) is 0 Å². The van der Waals surface area contributed by atoms with Crippen LogP contribution in [0.1, 0.15) is 20.8 Å². The highest BCUT2D eigenvalue weighted by atomic mass is 16.7. The van der Waals surface area contributed by atoms with Crippen molar-refractivity contribution in [2.75, 3.05) is 6.54 Å². The van der Waals surface area contributed by atoms with Gasteiger partial charge in [-0.1, -0.05) is 13.0 Å². The standard InChI is InChI=1S/C7H15NO/c1-5-7(3,4)9-8-6-2/h5,8H,1,6H2,2-4H3. The van der Waals surface area contributed by atoms with Gasteiger partial charge >= 0.3 is 0 Å². The number of hydrogen-bond donors (Lipinski definition) is 1. The van der Waals surface area contributed by atoms with Gasteiger partial charge in [-0.3, -0.25) is 4.84 Å². The van der Waals surface area contributed by atoms with Crippen LogP contribution in [0.15, 0.2) is 12.7 Å². The van der Waals surface area contributed by atoms with E-state index in [0.717, 1.165) is 6.54 Å². The molecule has 0 amide bonds. The van der Waals surface area contributed by atoms with E-state index in [0.29, 0.717) is 0 Å². The van der Waals surface area contributed by atoms with Crippen molar-refractivity contribution in [1.82, 2.24) is 5.48 Å². The molecule has 0 aliphatic rings. The van der Waals surface area contributed by atoms with Crippen molar-refractivity contribution < 1.29 is 4.84 Å². The Morgan fingerprint density at radius 1 is 1.67 bits per heavy atom. The first-order valence-electron chi connectivity index (χ1n) is 3.17. The van der Waals surface area contributed by atoms with Crippen molar-refractivity contribution in [2.45, 2.75) is 26.4 Å². The molecule has 54 valence electrons. The summed E-state index contributed by atoms with van der Waals surface area (Å²) in [5.74, 6) is 0. The van der Waals surface area contributed by atoms with Gasteiger partial charge in [0.2, 0.25) is 0 Å². The Labute approximate surface area is 56.9 Å². The summed E-state index contributed by atoms with van der Waals surface area (Å²) in [7, 11) is 0. The maximum atomic E-state index is 5.16. The molecule has 0 aliphatic carbocycles. The molecular formula is C7H15NO. The molecule has 0 aliphatic heterocycles. The van der Waals surface area contributed by atoms with Crippen molar-refractivity contribution >= 4 is 0 Å². The van der Waals surface area contributed by atoms with Gasteiger partial charge in [-0.15, -0.1) is 6.58 Å². The molecule has 2 heteroatoms. The first-order valence-corrected chi connectivity index (χ1v) is 3.17. The Morgan fingerprint density at radius 2 is 2.22 bits per heavy atom. The van der Waals surface area contributed by atoms with Crippen molar-refractivity contribution in [3.8, 4) is 0 Å². The summed E-state index contributed by atoms with van der Waals surface area (Å²) in [5.41, 5.74) is 2.51. The molecule has 0 atom stereocenters. The van der Waals surface area contributed by atoms with Crippen molar-refractivity contribution in [2.24, 2.45) is 0 Å². The largest absolute Gasteiger partial charge is 0.292 e. The summed E-state index contributed by atoms with van der Waals surface area (Å²) in [4.78, 5) is 5.16. The van der Waals surface area contributed by atoms with Gasteiger partial charge in [0.1, 0.15) is 5.60 Å². The molecule has 0 saturated carbocycles. The molecule has 0 fully saturated rings. The van der Waals surface area contributed by atoms with Gasteiger partial charge in [-0.05, 0) is 13.8 Å². The Balaban J connectivity index is 3.45. The minimum absolute atomic E-state index is 0.254. The number of nitrogens with one attached hydrogen (secondary N) is 1. The zero-order valence-corrected chi connectivity index (χ0v) is 6.40. The normalized spacial score (nSPS) is 11.4. The lowest BCUT2D eigenvalue weighted by atomic mass is 10.1. The number of rotatable bonds is 4. The topological polar surface area (TPSA) is 21.3 Å². The quantitative estimate of drug-likeness (QED) is 0.458. The molecule has 0 saturated heterocycles. The molecule has 0 unspecified atom stereocenters. The van der Waals surface area contributed by atoms with Crippen LogP contribution in [-0.4, -0.2) is 12.1 Å². The first-order chi connectivity index (χ1) is 4.12. The van der Waals surface area contributed by atoms with Gasteiger partial charge in [-0.25, -0.2) is 5.48 Å². The molecule has 0 radical (unpaired) electrons. The lowest BCUT2D eigenvalue weighted by Crippen LogP contribution is -2.29. The molecule has 9 heavy (non-hydrogen) atoms. The van der Waals surface area contributed by atoms with Gasteiger partial charge in [0.05, 0.1) is 0 Å². The fraction of sp³-hybridized carbons (Fsp3) is 0.714. The Kier molecular flexibility index (Phi) is 3.50. The van der Waals surface area contributed by atoms with E-state index >= 15 is 0 Å². The molecule has 0 aromatic carbocycles. The maximum absolute atomic E-state index is 5.16. The minimum atomic E-state index is -0.254. The molecule has 2 nitrogen and oxygen atoms in total. The lowest BCUT2D eigenvalue weighted by Gasteiger charge is -2.19. The van der Waals surface area contributed by atoms with Gasteiger partial charge in [0.25, 0.3) is 0 Å². The van der Waals surface area contributed by atoms with E-state index in [9.17, 15) is 0 Å². The van der Waals surface area contributed by atoms with E-state index in [1.807, 2.05) is 20.8 Å². The predicted molar refractivity (Wildman–Crippen MR) is 39.0 cm³/mol. The molecule has 0 spiro atoms. The molecule has 0 aromatic rings. The summed E-state index contributed by atoms with van der Waals surface area (Å²) in [6, 6.07) is 0. The lowest BCUT2D eigenvalue weighted by molar-refractivity contribution is -0.0514. The van der Waals surface area contributed by atoms with Crippen LogP contribution in [0.3, 0.4) is 0 Å². The zero-order chi connectivity index (χ0) is 7.33. The summed E-state index contributed by atoms with van der Waals surface area (Å²) < 4.78 is 0. The van der Waals surface area contributed by atoms with Crippen LogP contribution in [0.4, 0.5) is 0 Å². The molecule has 0 bridgehead atoms. The van der Waals surface area contributed by atoms with E-state index in [1.54, 1.807) is 6.08 Å². The van der Waals surface area contributed by atoms with Crippen molar-refractivity contribution in [3.05, 3.63) is 12.7 Å². The summed E-state index contributed by atoms with van der Waals surface area (Å²) in [6.45, 7) is 10.3. The third-order valence-corrected chi connectivity index (χ3v) is 0.971. The SMILES string of the molecule is C=CC(C)(C)ONCC. The second-order valence-corrected chi connectivity index (χ2v) is 2.41. The van der Waals surface area contributed by atoms with Gasteiger partial charge in [0, 0.05) is 6.54 Å². The zero-order valence-electron chi connectivity index (χ0n) is 6.40. The highest BCUT2D eigenvalue weighted by Crippen LogP contribution is 2.06. The third-order valence-electron chi connectivity index (χ3n) is 0.971. The van der Waals surface area contributed by atoms with Crippen molar-refractivity contribution in [1.29, 1.82) is 0 Å². The van der Waals surface area contributed by atoms with Crippen LogP contribution in [0.25, 0.3) is 0 Å². The van der Waals surface area contributed by atoms with Gasteiger partial charge in [0.15, 0.2) is 0 Å². The van der Waals surface area contributed by atoms with Crippen LogP contribution in [0, 0.1) is 0 Å². The summed E-state index contributed by atoms with van der Waals surface area (Å²) in [6.07, 6.45) is 1.76. The summed E-state index contributed by atoms with van der Waals surface area (Å²) >= 11 is 0. The van der Waals surface area contributed by atoms with E-state index in [4.69, 9.17) is 4.84 Å². The monoisotopic (exact) mass is 129 g/mol. The number of hydrogen-bond acceptors (Lipinski definition) is 2. The van der Waals surface area contributed by atoms with Crippen LogP contribution < -0.4 is 5.48 Å². The smallest absolute Gasteiger partial charge is 0.102 e. The summed E-state index contributed by atoms with van der Waals surface area (Å²) in [5, 5.41) is 0. The Bertz CT molecular complexity index is 88.9. The Hall–Kier alpha value is -0.340. The average molecular weight is 129 g/mol. The third kappa shape index (κ3) is 4.18. The molecule has 1 N–H and O–H groups in total. The predicted octanol–water partition coefficient (Wildman–Crippen LogP) is 1.49. The second kappa shape index (κ2) is 3.64. The highest BCUT2D eigenvalue weighted by Gasteiger charge is 2.11. The fourth-order valence-corrected chi connectivity index (χ4v) is 0.300. The van der Waals surface area contributed by atoms with Crippen LogP contribution >= 0.6 is 0 Å². The second-order valence-electron chi connectivity index (χ2n) is 2.41. The molecule has 0 aromatic heterocycles. The van der Waals surface area contributed by atoms with E-state index < -0.39 is 0 Å². The van der Waals surface area contributed by atoms with Crippen LogP contribution in [-0.2, 0) is 4.84 Å². The van der Waals surface area contributed by atoms with Crippen molar-refractivity contribution in [3.63, 3.8) is 0 Å². The Morgan fingerprint density at radius 3 is 2.56 bits per heavy atom. The van der Waals surface area contributed by atoms with E-state index in [2.05, 4.69) is 12.1 Å². The first kappa shape index (κ1) is 8.66.